The Balaban J connectivity index is 1.84. The molecule has 0 spiro atoms. The van der Waals surface area contributed by atoms with E-state index in [9.17, 15) is 22.4 Å². The summed E-state index contributed by atoms with van der Waals surface area (Å²) >= 11 is 0. The summed E-state index contributed by atoms with van der Waals surface area (Å²) in [7, 11) is 0. The van der Waals surface area contributed by atoms with Crippen molar-refractivity contribution in [1.29, 1.82) is 0 Å². The molecule has 2 rings (SSSR count). The molecular formula is C19H18F4N2O2. The Morgan fingerprint density at radius 1 is 1.19 bits per heavy atom. The van der Waals surface area contributed by atoms with Crippen molar-refractivity contribution in [3.05, 3.63) is 71.0 Å². The number of rotatable bonds is 6. The van der Waals surface area contributed by atoms with Gasteiger partial charge in [-0.15, -0.1) is 0 Å². The van der Waals surface area contributed by atoms with E-state index in [1.165, 1.54) is 6.08 Å². The molecule has 27 heavy (non-hydrogen) atoms. The van der Waals surface area contributed by atoms with Crippen molar-refractivity contribution in [1.82, 2.24) is 5.32 Å². The molecule has 2 aromatic rings. The highest BCUT2D eigenvalue weighted by Gasteiger charge is 2.33. The Labute approximate surface area is 153 Å². The van der Waals surface area contributed by atoms with Gasteiger partial charge in [0.2, 0.25) is 0 Å². The summed E-state index contributed by atoms with van der Waals surface area (Å²) in [6.45, 7) is 0.269. The summed E-state index contributed by atoms with van der Waals surface area (Å²) in [4.78, 5) is 11.5. The molecule has 0 radical (unpaired) electrons. The third-order valence-electron chi connectivity index (χ3n) is 3.56. The van der Waals surface area contributed by atoms with Crippen LogP contribution in [0.15, 0.2) is 48.5 Å². The summed E-state index contributed by atoms with van der Waals surface area (Å²) in [6, 6.07) is 10.4. The van der Waals surface area contributed by atoms with Crippen LogP contribution >= 0.6 is 0 Å². The molecule has 4 nitrogen and oxygen atoms in total. The summed E-state index contributed by atoms with van der Waals surface area (Å²) in [5.74, 6) is -0.926. The van der Waals surface area contributed by atoms with Gasteiger partial charge in [0.15, 0.2) is 0 Å². The second-order valence-corrected chi connectivity index (χ2v) is 5.64. The van der Waals surface area contributed by atoms with Crippen molar-refractivity contribution < 1.29 is 27.1 Å². The summed E-state index contributed by atoms with van der Waals surface area (Å²) in [5, 5.41) is 2.48. The predicted octanol–water partition coefficient (Wildman–Crippen LogP) is 4.76. The van der Waals surface area contributed by atoms with Crippen LogP contribution in [0, 0.1) is 5.82 Å². The van der Waals surface area contributed by atoms with E-state index in [1.54, 1.807) is 12.1 Å². The van der Waals surface area contributed by atoms with Crippen molar-refractivity contribution in [2.75, 3.05) is 12.3 Å². The Morgan fingerprint density at radius 2 is 1.89 bits per heavy atom. The fourth-order valence-corrected chi connectivity index (χ4v) is 2.23. The summed E-state index contributed by atoms with van der Waals surface area (Å²) in [6.07, 6.45) is -2.51. The first-order chi connectivity index (χ1) is 12.8. The van der Waals surface area contributed by atoms with Crippen LogP contribution in [0.5, 0.6) is 0 Å². The van der Waals surface area contributed by atoms with Crippen LogP contribution in [0.25, 0.3) is 6.08 Å². The van der Waals surface area contributed by atoms with Gasteiger partial charge in [-0.3, -0.25) is 0 Å². The van der Waals surface area contributed by atoms with Crippen molar-refractivity contribution in [2.24, 2.45) is 0 Å². The monoisotopic (exact) mass is 382 g/mol. The van der Waals surface area contributed by atoms with E-state index in [2.05, 4.69) is 5.32 Å². The van der Waals surface area contributed by atoms with Crippen LogP contribution in [-0.4, -0.2) is 12.6 Å². The minimum Gasteiger partial charge on any atom is -0.445 e. The zero-order chi connectivity index (χ0) is 19.9. The lowest BCUT2D eigenvalue weighted by Crippen LogP contribution is -2.24. The molecule has 8 heteroatoms. The van der Waals surface area contributed by atoms with Crippen molar-refractivity contribution >= 4 is 17.9 Å². The Kier molecular flexibility index (Phi) is 6.81. The number of amides is 1. The maximum atomic E-state index is 13.5. The first-order valence-electron chi connectivity index (χ1n) is 8.04. The average Bonchev–Trinajstić information content (AvgIpc) is 2.62. The molecule has 0 bridgehead atoms. The molecule has 0 saturated heterocycles. The van der Waals surface area contributed by atoms with Gasteiger partial charge in [0, 0.05) is 6.54 Å². The molecule has 0 heterocycles. The van der Waals surface area contributed by atoms with E-state index < -0.39 is 29.3 Å². The van der Waals surface area contributed by atoms with Crippen LogP contribution in [0.3, 0.4) is 0 Å². The summed E-state index contributed by atoms with van der Waals surface area (Å²) < 4.78 is 57.4. The Hall–Kier alpha value is -3.03. The van der Waals surface area contributed by atoms with Crippen molar-refractivity contribution in [2.45, 2.75) is 19.2 Å². The molecule has 0 saturated carbocycles. The first-order valence-corrected chi connectivity index (χ1v) is 8.04. The first kappa shape index (κ1) is 20.3. The van der Waals surface area contributed by atoms with Gasteiger partial charge in [0.1, 0.15) is 12.4 Å². The average molecular weight is 382 g/mol. The fraction of sp³-hybridized carbons (Fsp3) is 0.211. The number of nitrogen functional groups attached to an aromatic ring is 1. The van der Waals surface area contributed by atoms with Gasteiger partial charge in [0.05, 0.1) is 11.3 Å². The van der Waals surface area contributed by atoms with Gasteiger partial charge >= 0.3 is 12.3 Å². The summed E-state index contributed by atoms with van der Waals surface area (Å²) in [5.41, 5.74) is 4.12. The van der Waals surface area contributed by atoms with E-state index in [1.807, 2.05) is 18.2 Å². The van der Waals surface area contributed by atoms with E-state index in [-0.39, 0.29) is 25.1 Å². The molecule has 0 atom stereocenters. The minimum atomic E-state index is -4.65. The smallest absolute Gasteiger partial charge is 0.417 e. The van der Waals surface area contributed by atoms with Crippen LogP contribution in [0.1, 0.15) is 23.1 Å². The number of alkyl halides is 3. The second-order valence-electron chi connectivity index (χ2n) is 5.64. The van der Waals surface area contributed by atoms with Crippen LogP contribution in [0.2, 0.25) is 0 Å². The third kappa shape index (κ3) is 6.32. The van der Waals surface area contributed by atoms with Gasteiger partial charge < -0.3 is 15.8 Å². The van der Waals surface area contributed by atoms with Crippen molar-refractivity contribution in [3.63, 3.8) is 0 Å². The largest absolute Gasteiger partial charge is 0.445 e. The predicted molar refractivity (Wildman–Crippen MR) is 94.1 cm³/mol. The Morgan fingerprint density at radius 3 is 2.56 bits per heavy atom. The van der Waals surface area contributed by atoms with Gasteiger partial charge in [-0.25, -0.2) is 9.18 Å². The SMILES string of the molecule is Nc1cc(C(F)(F)F)c(C=CCCNC(=O)OCc2ccccc2)cc1F. The van der Waals surface area contributed by atoms with Gasteiger partial charge in [-0.05, 0) is 29.7 Å². The highest BCUT2D eigenvalue weighted by Crippen LogP contribution is 2.34. The van der Waals surface area contributed by atoms with Crippen LogP contribution < -0.4 is 11.1 Å². The van der Waals surface area contributed by atoms with Gasteiger partial charge in [-0.1, -0.05) is 42.5 Å². The molecule has 0 fully saturated rings. The molecule has 1 amide bonds. The van der Waals surface area contributed by atoms with Crippen molar-refractivity contribution in [3.8, 4) is 0 Å². The number of carbonyl (C=O) groups is 1. The number of hydrogen-bond donors (Lipinski definition) is 2. The van der Waals surface area contributed by atoms with E-state index in [4.69, 9.17) is 10.5 Å². The number of nitrogens with one attached hydrogen (secondary N) is 1. The third-order valence-corrected chi connectivity index (χ3v) is 3.56. The zero-order valence-electron chi connectivity index (χ0n) is 14.2. The topological polar surface area (TPSA) is 64.3 Å². The number of alkyl carbamates (subject to hydrolysis) is 1. The van der Waals surface area contributed by atoms with Crippen LogP contribution in [-0.2, 0) is 17.5 Å². The fourth-order valence-electron chi connectivity index (χ4n) is 2.23. The number of halogens is 4. The number of anilines is 1. The minimum absolute atomic E-state index is 0.113. The molecule has 0 aliphatic carbocycles. The molecule has 0 aliphatic rings. The second kappa shape index (κ2) is 9.07. The molecule has 0 unspecified atom stereocenters. The number of carbonyl (C=O) groups excluding carboxylic acids is 1. The van der Waals surface area contributed by atoms with Crippen LogP contribution in [0.4, 0.5) is 28.0 Å². The quantitative estimate of drug-likeness (QED) is 0.430. The molecule has 3 N–H and O–H groups in total. The highest BCUT2D eigenvalue weighted by atomic mass is 19.4. The number of hydrogen-bond acceptors (Lipinski definition) is 3. The van der Waals surface area contributed by atoms with E-state index in [0.717, 1.165) is 17.7 Å². The highest BCUT2D eigenvalue weighted by molar-refractivity contribution is 5.67. The molecular weight excluding hydrogens is 364 g/mol. The van der Waals surface area contributed by atoms with Gasteiger partial charge in [-0.2, -0.15) is 13.2 Å². The number of ether oxygens (including phenoxy) is 1. The number of nitrogens with two attached hydrogens (primary N) is 1. The van der Waals surface area contributed by atoms with E-state index >= 15 is 0 Å². The molecule has 0 aromatic heterocycles. The molecule has 2 aromatic carbocycles. The van der Waals surface area contributed by atoms with Gasteiger partial charge in [0.25, 0.3) is 0 Å². The van der Waals surface area contributed by atoms with E-state index in [0.29, 0.717) is 6.07 Å². The lowest BCUT2D eigenvalue weighted by Gasteiger charge is -2.12. The lowest BCUT2D eigenvalue weighted by molar-refractivity contribution is -0.137. The maximum absolute atomic E-state index is 13.5. The maximum Gasteiger partial charge on any atom is 0.417 e. The Bertz CT molecular complexity index is 805. The normalized spacial score (nSPS) is 11.6. The molecule has 144 valence electrons. The lowest BCUT2D eigenvalue weighted by atomic mass is 10.0. The standard InChI is InChI=1S/C19H18F4N2O2/c20-16-10-14(15(11-17(16)24)19(21,22)23)8-4-5-9-25-18(26)27-12-13-6-2-1-3-7-13/h1-4,6-8,10-11H,5,9,12,24H2,(H,25,26). The zero-order valence-corrected chi connectivity index (χ0v) is 14.2. The number of benzene rings is 2. The molecule has 0 aliphatic heterocycles.